The quantitative estimate of drug-likeness (QED) is 0.696. The van der Waals surface area contributed by atoms with Gasteiger partial charge in [0, 0.05) is 27.1 Å². The molecular weight excluding hydrogens is 332 g/mol. The molecule has 0 radical (unpaired) electrons. The van der Waals surface area contributed by atoms with Gasteiger partial charge in [-0.05, 0) is 42.3 Å². The van der Waals surface area contributed by atoms with Crippen LogP contribution < -0.4 is 0 Å². The number of aromatic nitrogens is 2. The summed E-state index contributed by atoms with van der Waals surface area (Å²) in [6.07, 6.45) is 0. The van der Waals surface area contributed by atoms with Gasteiger partial charge in [-0.1, -0.05) is 41.0 Å². The lowest BCUT2D eigenvalue weighted by molar-refractivity contribution is 0.390. The van der Waals surface area contributed by atoms with E-state index in [1.807, 2.05) is 43.3 Å². The average molecular weight is 347 g/mol. The largest absolute Gasteiger partial charge is 0.338 e. The summed E-state index contributed by atoms with van der Waals surface area (Å²) < 4.78 is 17.5. The molecule has 6 heteroatoms. The number of rotatable bonds is 5. The van der Waals surface area contributed by atoms with E-state index in [-0.39, 0.29) is 5.75 Å². The summed E-state index contributed by atoms with van der Waals surface area (Å²) in [5.74, 6) is 1.58. The van der Waals surface area contributed by atoms with Crippen molar-refractivity contribution in [3.05, 3.63) is 70.6 Å². The van der Waals surface area contributed by atoms with Crippen LogP contribution in [-0.4, -0.2) is 14.3 Å². The number of benzene rings is 2. The maximum absolute atomic E-state index is 12.3. The first-order valence-corrected chi connectivity index (χ1v) is 8.96. The lowest BCUT2D eigenvalue weighted by Gasteiger charge is -2.03. The van der Waals surface area contributed by atoms with Crippen molar-refractivity contribution in [2.45, 2.75) is 18.4 Å². The zero-order valence-electron chi connectivity index (χ0n) is 12.5. The predicted octanol–water partition coefficient (Wildman–Crippen LogP) is 4.15. The van der Waals surface area contributed by atoms with Crippen molar-refractivity contribution in [1.82, 2.24) is 10.1 Å². The highest BCUT2D eigenvalue weighted by molar-refractivity contribution is 7.83. The molecule has 1 unspecified atom stereocenters. The van der Waals surface area contributed by atoms with Crippen molar-refractivity contribution in [3.8, 4) is 11.4 Å². The van der Waals surface area contributed by atoms with Gasteiger partial charge in [0.05, 0.1) is 0 Å². The molecule has 118 valence electrons. The molecule has 0 aliphatic rings. The van der Waals surface area contributed by atoms with E-state index in [1.54, 1.807) is 12.1 Å². The molecule has 3 aromatic rings. The van der Waals surface area contributed by atoms with Crippen LogP contribution in [0.5, 0.6) is 0 Å². The monoisotopic (exact) mass is 346 g/mol. The van der Waals surface area contributed by atoms with Crippen LogP contribution in [0.25, 0.3) is 11.4 Å². The van der Waals surface area contributed by atoms with Crippen LogP contribution in [0.4, 0.5) is 0 Å². The van der Waals surface area contributed by atoms with Crippen LogP contribution in [-0.2, 0) is 22.3 Å². The van der Waals surface area contributed by atoms with Crippen LogP contribution in [0.2, 0.25) is 5.02 Å². The Hall–Kier alpha value is -1.98. The zero-order chi connectivity index (χ0) is 16.2. The Kier molecular flexibility index (Phi) is 4.88. The number of nitrogens with zero attached hydrogens (tertiary/aromatic N) is 2. The Bertz CT molecular complexity index is 831. The van der Waals surface area contributed by atoms with E-state index in [9.17, 15) is 4.21 Å². The van der Waals surface area contributed by atoms with Gasteiger partial charge < -0.3 is 4.52 Å². The lowest BCUT2D eigenvalue weighted by atomic mass is 10.1. The van der Waals surface area contributed by atoms with Gasteiger partial charge in [0.1, 0.15) is 5.75 Å². The van der Waals surface area contributed by atoms with Gasteiger partial charge in [0.25, 0.3) is 0 Å². The van der Waals surface area contributed by atoms with Gasteiger partial charge in [0.2, 0.25) is 11.7 Å². The summed E-state index contributed by atoms with van der Waals surface area (Å²) in [6.45, 7) is 2.01. The molecule has 0 amide bonds. The molecule has 0 bridgehead atoms. The molecule has 0 saturated carbocycles. The molecule has 0 aliphatic heterocycles. The van der Waals surface area contributed by atoms with Gasteiger partial charge in [-0.25, -0.2) is 0 Å². The van der Waals surface area contributed by atoms with Crippen LogP contribution >= 0.6 is 11.6 Å². The molecule has 0 aliphatic carbocycles. The smallest absolute Gasteiger partial charge is 0.239 e. The van der Waals surface area contributed by atoms with E-state index >= 15 is 0 Å². The molecule has 0 fully saturated rings. The minimum absolute atomic E-state index is 0.245. The Morgan fingerprint density at radius 1 is 1.09 bits per heavy atom. The summed E-state index contributed by atoms with van der Waals surface area (Å²) in [7, 11) is -1.10. The topological polar surface area (TPSA) is 56.0 Å². The molecule has 1 aromatic heterocycles. The molecule has 0 N–H and O–H groups in total. The first kappa shape index (κ1) is 15.9. The minimum Gasteiger partial charge on any atom is -0.338 e. The highest BCUT2D eigenvalue weighted by atomic mass is 35.5. The fraction of sp³-hybridized carbons (Fsp3) is 0.176. The molecule has 0 saturated heterocycles. The van der Waals surface area contributed by atoms with Crippen LogP contribution in [0.15, 0.2) is 53.1 Å². The van der Waals surface area contributed by atoms with Crippen molar-refractivity contribution >= 4 is 22.4 Å². The maximum atomic E-state index is 12.3. The Morgan fingerprint density at radius 3 is 2.57 bits per heavy atom. The normalized spacial score (nSPS) is 12.3. The van der Waals surface area contributed by atoms with Crippen molar-refractivity contribution < 1.29 is 8.73 Å². The number of hydrogen-bond donors (Lipinski definition) is 0. The highest BCUT2D eigenvalue weighted by Crippen LogP contribution is 2.19. The third-order valence-electron chi connectivity index (χ3n) is 3.43. The van der Waals surface area contributed by atoms with E-state index < -0.39 is 10.8 Å². The Balaban J connectivity index is 1.68. The standard InChI is InChI=1S/C17H15ClN2O2S/c1-12-4-2-3-5-14(12)10-23(21)11-16-19-17(20-22-16)13-6-8-15(18)9-7-13/h2-9H,10-11H2,1H3. The second kappa shape index (κ2) is 7.06. The Morgan fingerprint density at radius 2 is 1.83 bits per heavy atom. The summed E-state index contributed by atoms with van der Waals surface area (Å²) in [5, 5.41) is 4.58. The first-order valence-electron chi connectivity index (χ1n) is 7.10. The van der Waals surface area contributed by atoms with E-state index in [4.69, 9.17) is 16.1 Å². The summed E-state index contributed by atoms with van der Waals surface area (Å²) in [6, 6.07) is 15.1. The van der Waals surface area contributed by atoms with Gasteiger partial charge in [-0.15, -0.1) is 0 Å². The zero-order valence-corrected chi connectivity index (χ0v) is 14.1. The van der Waals surface area contributed by atoms with Gasteiger partial charge in [-0.2, -0.15) is 4.98 Å². The second-order valence-corrected chi connectivity index (χ2v) is 7.07. The fourth-order valence-corrected chi connectivity index (χ4v) is 3.46. The van der Waals surface area contributed by atoms with E-state index in [0.29, 0.717) is 22.5 Å². The third-order valence-corrected chi connectivity index (χ3v) is 4.89. The van der Waals surface area contributed by atoms with Gasteiger partial charge >= 0.3 is 0 Å². The summed E-state index contributed by atoms with van der Waals surface area (Å²) >= 11 is 5.86. The van der Waals surface area contributed by atoms with E-state index in [1.165, 1.54) is 0 Å². The SMILES string of the molecule is Cc1ccccc1CS(=O)Cc1nc(-c2ccc(Cl)cc2)no1. The van der Waals surface area contributed by atoms with Crippen molar-refractivity contribution in [1.29, 1.82) is 0 Å². The van der Waals surface area contributed by atoms with Crippen molar-refractivity contribution in [2.24, 2.45) is 0 Å². The van der Waals surface area contributed by atoms with E-state index in [2.05, 4.69) is 10.1 Å². The molecule has 2 aromatic carbocycles. The average Bonchev–Trinajstić information content (AvgIpc) is 2.98. The third kappa shape index (κ3) is 4.06. The highest BCUT2D eigenvalue weighted by Gasteiger charge is 2.12. The molecular formula is C17H15ClN2O2S. The fourth-order valence-electron chi connectivity index (χ4n) is 2.16. The predicted molar refractivity (Wildman–Crippen MR) is 91.5 cm³/mol. The summed E-state index contributed by atoms with van der Waals surface area (Å²) in [4.78, 5) is 4.30. The molecule has 1 atom stereocenters. The molecule has 0 spiro atoms. The second-order valence-electron chi connectivity index (χ2n) is 5.17. The molecule has 23 heavy (non-hydrogen) atoms. The van der Waals surface area contributed by atoms with Crippen molar-refractivity contribution in [2.75, 3.05) is 0 Å². The van der Waals surface area contributed by atoms with Gasteiger partial charge in [-0.3, -0.25) is 4.21 Å². The number of halogens is 1. The van der Waals surface area contributed by atoms with E-state index in [0.717, 1.165) is 16.7 Å². The molecule has 3 rings (SSSR count). The van der Waals surface area contributed by atoms with Crippen LogP contribution in [0, 0.1) is 6.92 Å². The number of aryl methyl sites for hydroxylation is 1. The minimum atomic E-state index is -1.10. The van der Waals surface area contributed by atoms with Gasteiger partial charge in [0.15, 0.2) is 0 Å². The van der Waals surface area contributed by atoms with Crippen LogP contribution in [0.1, 0.15) is 17.0 Å². The summed E-state index contributed by atoms with van der Waals surface area (Å²) in [5.41, 5.74) is 3.02. The first-order chi connectivity index (χ1) is 11.1. The van der Waals surface area contributed by atoms with Crippen LogP contribution in [0.3, 0.4) is 0 Å². The molecule has 1 heterocycles. The number of hydrogen-bond acceptors (Lipinski definition) is 4. The Labute approximate surface area is 142 Å². The van der Waals surface area contributed by atoms with Crippen molar-refractivity contribution in [3.63, 3.8) is 0 Å². The maximum Gasteiger partial charge on any atom is 0.239 e. The lowest BCUT2D eigenvalue weighted by Crippen LogP contribution is -2.01. The molecule has 4 nitrogen and oxygen atoms in total.